The Morgan fingerprint density at radius 2 is 2.20 bits per heavy atom. The Kier molecular flexibility index (Phi) is 3.30. The lowest BCUT2D eigenvalue weighted by Gasteiger charge is -2.03. The van der Waals surface area contributed by atoms with Gasteiger partial charge in [0, 0.05) is 23.7 Å². The van der Waals surface area contributed by atoms with Crippen molar-refractivity contribution in [2.45, 2.75) is 5.03 Å². The molecule has 0 atom stereocenters. The van der Waals surface area contributed by atoms with Crippen molar-refractivity contribution in [2.75, 3.05) is 5.75 Å². The number of carbonyl (C=O) groups excluding carboxylic acids is 1. The third-order valence-corrected chi connectivity index (χ3v) is 3.39. The average molecular weight is 286 g/mol. The second kappa shape index (κ2) is 5.25. The van der Waals surface area contributed by atoms with E-state index in [1.807, 2.05) is 6.07 Å². The molecule has 0 aliphatic rings. The topological polar surface area (TPSA) is 96.1 Å². The molecule has 0 N–H and O–H groups in total. The van der Waals surface area contributed by atoms with E-state index < -0.39 is 5.97 Å². The van der Waals surface area contributed by atoms with Crippen LogP contribution >= 0.6 is 11.8 Å². The van der Waals surface area contributed by atoms with E-state index in [-0.39, 0.29) is 5.75 Å². The first-order chi connectivity index (χ1) is 9.74. The number of nitrogens with zero attached hydrogens (tertiary/aromatic N) is 5. The molecule has 0 radical (unpaired) electrons. The fourth-order valence-electron chi connectivity index (χ4n) is 1.66. The highest BCUT2D eigenvalue weighted by Gasteiger charge is 2.10. The highest BCUT2D eigenvalue weighted by molar-refractivity contribution is 7.99. The van der Waals surface area contributed by atoms with Crippen molar-refractivity contribution in [3.8, 4) is 11.4 Å². The Labute approximate surface area is 117 Å². The molecule has 100 valence electrons. The smallest absolute Gasteiger partial charge is 0.186 e. The molecule has 0 amide bonds. The Bertz CT molecular complexity index is 759. The summed E-state index contributed by atoms with van der Waals surface area (Å²) < 4.78 is 1.56. The maximum absolute atomic E-state index is 10.5. The summed E-state index contributed by atoms with van der Waals surface area (Å²) in [4.78, 5) is 14.5. The van der Waals surface area contributed by atoms with Crippen molar-refractivity contribution in [1.82, 2.24) is 24.8 Å². The molecule has 20 heavy (non-hydrogen) atoms. The van der Waals surface area contributed by atoms with Crippen molar-refractivity contribution < 1.29 is 9.90 Å². The van der Waals surface area contributed by atoms with Crippen LogP contribution in [0.1, 0.15) is 0 Å². The van der Waals surface area contributed by atoms with Gasteiger partial charge in [0.2, 0.25) is 0 Å². The van der Waals surface area contributed by atoms with Gasteiger partial charge in [-0.05, 0) is 24.3 Å². The summed E-state index contributed by atoms with van der Waals surface area (Å²) in [6.07, 6.45) is 3.33. The fourth-order valence-corrected chi connectivity index (χ4v) is 2.23. The number of rotatable bonds is 4. The van der Waals surface area contributed by atoms with Crippen molar-refractivity contribution in [3.63, 3.8) is 0 Å². The molecule has 0 spiro atoms. The first-order valence-corrected chi connectivity index (χ1v) is 6.68. The number of thioether (sulfide) groups is 1. The van der Waals surface area contributed by atoms with Crippen LogP contribution in [0.2, 0.25) is 0 Å². The predicted molar refractivity (Wildman–Crippen MR) is 69.7 cm³/mol. The van der Waals surface area contributed by atoms with Crippen LogP contribution < -0.4 is 5.11 Å². The van der Waals surface area contributed by atoms with Crippen LogP contribution in [-0.2, 0) is 4.79 Å². The van der Waals surface area contributed by atoms with Gasteiger partial charge in [0.1, 0.15) is 5.03 Å². The van der Waals surface area contributed by atoms with Crippen molar-refractivity contribution >= 4 is 23.4 Å². The van der Waals surface area contributed by atoms with E-state index in [0.717, 1.165) is 17.3 Å². The van der Waals surface area contributed by atoms with Crippen LogP contribution in [0.3, 0.4) is 0 Å². The lowest BCUT2D eigenvalue weighted by Crippen LogP contribution is -2.24. The number of carboxylic acids is 1. The van der Waals surface area contributed by atoms with Crippen LogP contribution in [0.15, 0.2) is 41.7 Å². The first kappa shape index (κ1) is 12.5. The normalized spacial score (nSPS) is 10.8. The molecule has 0 saturated carbocycles. The second-order valence-corrected chi connectivity index (χ2v) is 4.86. The third kappa shape index (κ3) is 2.45. The summed E-state index contributed by atoms with van der Waals surface area (Å²) in [7, 11) is 0. The van der Waals surface area contributed by atoms with Gasteiger partial charge in [0.05, 0.1) is 5.97 Å². The zero-order valence-corrected chi connectivity index (χ0v) is 10.9. The summed E-state index contributed by atoms with van der Waals surface area (Å²) in [5.74, 6) is -0.722. The maximum Gasteiger partial charge on any atom is 0.186 e. The quantitative estimate of drug-likeness (QED) is 0.624. The zero-order valence-electron chi connectivity index (χ0n) is 10.1. The van der Waals surface area contributed by atoms with Crippen LogP contribution in [0.25, 0.3) is 17.0 Å². The third-order valence-electron chi connectivity index (χ3n) is 2.50. The lowest BCUT2D eigenvalue weighted by molar-refractivity contribution is -0.301. The number of pyridine rings is 1. The minimum atomic E-state index is -1.13. The largest absolute Gasteiger partial charge is 0.549 e. The summed E-state index contributed by atoms with van der Waals surface area (Å²) >= 11 is 1.09. The Morgan fingerprint density at radius 3 is 2.95 bits per heavy atom. The van der Waals surface area contributed by atoms with Gasteiger partial charge < -0.3 is 9.90 Å². The number of aliphatic carboxylic acids is 1. The molecule has 0 aliphatic carbocycles. The monoisotopic (exact) mass is 286 g/mol. The molecule has 3 aromatic rings. The SMILES string of the molecule is O=C([O-])CSc1ccc2nnc(-c3cccnc3)n2n1. The molecular weight excluding hydrogens is 278 g/mol. The number of carboxylic acid groups (broad SMARTS) is 1. The zero-order chi connectivity index (χ0) is 13.9. The average Bonchev–Trinajstić information content (AvgIpc) is 2.89. The summed E-state index contributed by atoms with van der Waals surface area (Å²) in [5.41, 5.74) is 1.37. The van der Waals surface area contributed by atoms with Crippen LogP contribution in [-0.4, -0.2) is 36.5 Å². The molecule has 3 heterocycles. The van der Waals surface area contributed by atoms with E-state index in [1.54, 1.807) is 35.1 Å². The number of hydrogen-bond acceptors (Lipinski definition) is 7. The Balaban J connectivity index is 2.02. The molecule has 0 aromatic carbocycles. The van der Waals surface area contributed by atoms with Crippen LogP contribution in [0, 0.1) is 0 Å². The van der Waals surface area contributed by atoms with E-state index in [9.17, 15) is 9.90 Å². The molecule has 0 unspecified atom stereocenters. The van der Waals surface area contributed by atoms with E-state index in [0.29, 0.717) is 16.5 Å². The molecule has 0 fully saturated rings. The maximum atomic E-state index is 10.5. The van der Waals surface area contributed by atoms with E-state index in [2.05, 4.69) is 20.3 Å². The van der Waals surface area contributed by atoms with Gasteiger partial charge in [-0.1, -0.05) is 11.8 Å². The fraction of sp³-hybridized carbons (Fsp3) is 0.0833. The highest BCUT2D eigenvalue weighted by atomic mass is 32.2. The van der Waals surface area contributed by atoms with Gasteiger partial charge >= 0.3 is 0 Å². The summed E-state index contributed by atoms with van der Waals surface area (Å²) in [6.45, 7) is 0. The summed E-state index contributed by atoms with van der Waals surface area (Å²) in [6, 6.07) is 7.08. The second-order valence-electron chi connectivity index (χ2n) is 3.87. The first-order valence-electron chi connectivity index (χ1n) is 5.69. The van der Waals surface area contributed by atoms with Crippen LogP contribution in [0.5, 0.6) is 0 Å². The summed E-state index contributed by atoms with van der Waals surface area (Å²) in [5, 5.41) is 23.4. The molecular formula is C12H8N5O2S-. The Hall–Kier alpha value is -2.48. The molecule has 0 saturated heterocycles. The van der Waals surface area contributed by atoms with Crippen molar-refractivity contribution in [3.05, 3.63) is 36.7 Å². The number of hydrogen-bond donors (Lipinski definition) is 0. The minimum Gasteiger partial charge on any atom is -0.549 e. The van der Waals surface area contributed by atoms with E-state index >= 15 is 0 Å². The van der Waals surface area contributed by atoms with Gasteiger partial charge in [0.25, 0.3) is 0 Å². The van der Waals surface area contributed by atoms with Gasteiger partial charge in [-0.3, -0.25) is 4.98 Å². The van der Waals surface area contributed by atoms with Crippen LogP contribution in [0.4, 0.5) is 0 Å². The van der Waals surface area contributed by atoms with Crippen molar-refractivity contribution in [2.24, 2.45) is 0 Å². The van der Waals surface area contributed by atoms with Gasteiger partial charge in [-0.25, -0.2) is 0 Å². The van der Waals surface area contributed by atoms with Gasteiger partial charge in [-0.15, -0.1) is 10.2 Å². The number of fused-ring (bicyclic) bond motifs is 1. The van der Waals surface area contributed by atoms with E-state index in [1.165, 1.54) is 0 Å². The number of carbonyl (C=O) groups is 1. The predicted octanol–water partition coefficient (Wildman–Crippen LogP) is 0.0283. The van der Waals surface area contributed by atoms with Gasteiger partial charge in [-0.2, -0.15) is 9.61 Å². The molecule has 0 aliphatic heterocycles. The van der Waals surface area contributed by atoms with Gasteiger partial charge in [0.15, 0.2) is 11.5 Å². The Morgan fingerprint density at radius 1 is 1.30 bits per heavy atom. The highest BCUT2D eigenvalue weighted by Crippen LogP contribution is 2.19. The van der Waals surface area contributed by atoms with E-state index in [4.69, 9.17) is 0 Å². The standard InChI is InChI=1S/C12H9N5O2S/c18-11(19)7-20-10-4-3-9-14-15-12(17(9)16-10)8-2-1-5-13-6-8/h1-6H,7H2,(H,18,19)/p-1. The minimum absolute atomic E-state index is 0.150. The molecule has 0 bridgehead atoms. The van der Waals surface area contributed by atoms with Crippen molar-refractivity contribution in [1.29, 1.82) is 0 Å². The molecule has 3 aromatic heterocycles. The molecule has 8 heteroatoms. The number of aromatic nitrogens is 5. The molecule has 3 rings (SSSR count). The molecule has 7 nitrogen and oxygen atoms in total. The lowest BCUT2D eigenvalue weighted by atomic mass is 10.3.